The zero-order chi connectivity index (χ0) is 16.8. The van der Waals surface area contributed by atoms with E-state index in [-0.39, 0.29) is 5.56 Å². The minimum absolute atomic E-state index is 0.286. The van der Waals surface area contributed by atoms with Crippen LogP contribution in [0.15, 0.2) is 53.7 Å². The number of carboxylic acids is 1. The standard InChI is InChI=1S/C17H16ClNO4/c1-11(23-19-10-12-6-8-13(18)9-7-12)14-4-2-3-5-15(14)16(20)17(21)22/h2-11,16,20H,1H3,(H,21,22). The Morgan fingerprint density at radius 3 is 2.39 bits per heavy atom. The predicted molar refractivity (Wildman–Crippen MR) is 87.6 cm³/mol. The maximum Gasteiger partial charge on any atom is 0.337 e. The molecule has 0 spiro atoms. The summed E-state index contributed by atoms with van der Waals surface area (Å²) in [6.07, 6.45) is -0.579. The van der Waals surface area contributed by atoms with Crippen molar-refractivity contribution in [2.75, 3.05) is 0 Å². The van der Waals surface area contributed by atoms with Gasteiger partial charge < -0.3 is 15.1 Å². The minimum Gasteiger partial charge on any atom is -0.479 e. The average molecular weight is 334 g/mol. The van der Waals surface area contributed by atoms with Crippen LogP contribution in [-0.4, -0.2) is 22.4 Å². The van der Waals surface area contributed by atoms with Gasteiger partial charge in [0.15, 0.2) is 6.10 Å². The smallest absolute Gasteiger partial charge is 0.337 e. The molecule has 0 heterocycles. The number of oxime groups is 1. The lowest BCUT2D eigenvalue weighted by Crippen LogP contribution is -2.14. The lowest BCUT2D eigenvalue weighted by molar-refractivity contribution is -0.147. The molecule has 0 fully saturated rings. The van der Waals surface area contributed by atoms with Crippen LogP contribution in [0.2, 0.25) is 5.02 Å². The predicted octanol–water partition coefficient (Wildman–Crippen LogP) is 3.57. The normalized spacial score (nSPS) is 13.7. The highest BCUT2D eigenvalue weighted by molar-refractivity contribution is 6.30. The number of benzene rings is 2. The van der Waals surface area contributed by atoms with Crippen molar-refractivity contribution >= 4 is 23.8 Å². The number of aliphatic carboxylic acids is 1. The van der Waals surface area contributed by atoms with Crippen molar-refractivity contribution in [3.63, 3.8) is 0 Å². The summed E-state index contributed by atoms with van der Waals surface area (Å²) >= 11 is 5.80. The first kappa shape index (κ1) is 17.0. The van der Waals surface area contributed by atoms with Crippen molar-refractivity contribution in [2.24, 2.45) is 5.16 Å². The highest BCUT2D eigenvalue weighted by Gasteiger charge is 2.22. The summed E-state index contributed by atoms with van der Waals surface area (Å²) in [6.45, 7) is 1.73. The molecule has 2 aromatic rings. The fraction of sp³-hybridized carbons (Fsp3) is 0.176. The maximum absolute atomic E-state index is 11.0. The van der Waals surface area contributed by atoms with Crippen LogP contribution >= 0.6 is 11.6 Å². The molecule has 2 rings (SSSR count). The molecular formula is C17H16ClNO4. The minimum atomic E-state index is -1.60. The van der Waals surface area contributed by atoms with E-state index >= 15 is 0 Å². The summed E-state index contributed by atoms with van der Waals surface area (Å²) in [5, 5.41) is 23.2. The zero-order valence-electron chi connectivity index (χ0n) is 12.4. The number of rotatable bonds is 6. The third-order valence-electron chi connectivity index (χ3n) is 3.25. The molecule has 5 nitrogen and oxygen atoms in total. The van der Waals surface area contributed by atoms with Gasteiger partial charge in [0.1, 0.15) is 6.10 Å². The number of carbonyl (C=O) groups is 1. The first-order valence-electron chi connectivity index (χ1n) is 6.93. The van der Waals surface area contributed by atoms with Gasteiger partial charge in [-0.2, -0.15) is 0 Å². The molecule has 0 amide bonds. The number of aliphatic hydroxyl groups excluding tert-OH is 1. The van der Waals surface area contributed by atoms with Gasteiger partial charge in [-0.05, 0) is 30.2 Å². The second kappa shape index (κ2) is 7.76. The van der Waals surface area contributed by atoms with Crippen molar-refractivity contribution in [3.8, 4) is 0 Å². The van der Waals surface area contributed by atoms with Gasteiger partial charge in [0.2, 0.25) is 0 Å². The number of hydrogen-bond donors (Lipinski definition) is 2. The van der Waals surface area contributed by atoms with E-state index in [1.165, 1.54) is 6.21 Å². The summed E-state index contributed by atoms with van der Waals surface area (Å²) < 4.78 is 0. The van der Waals surface area contributed by atoms with E-state index in [0.717, 1.165) is 5.56 Å². The fourth-order valence-corrected chi connectivity index (χ4v) is 2.18. The lowest BCUT2D eigenvalue weighted by Gasteiger charge is -2.16. The molecule has 23 heavy (non-hydrogen) atoms. The van der Waals surface area contributed by atoms with E-state index in [9.17, 15) is 9.90 Å². The third-order valence-corrected chi connectivity index (χ3v) is 3.51. The van der Waals surface area contributed by atoms with Crippen molar-refractivity contribution in [1.29, 1.82) is 0 Å². The van der Waals surface area contributed by atoms with Gasteiger partial charge in [-0.25, -0.2) is 4.79 Å². The molecule has 0 aliphatic carbocycles. The molecule has 2 unspecified atom stereocenters. The Hall–Kier alpha value is -2.37. The average Bonchev–Trinajstić information content (AvgIpc) is 2.55. The summed E-state index contributed by atoms with van der Waals surface area (Å²) in [4.78, 5) is 16.3. The monoisotopic (exact) mass is 333 g/mol. The van der Waals surface area contributed by atoms with Gasteiger partial charge in [-0.1, -0.05) is 53.2 Å². The second-order valence-electron chi connectivity index (χ2n) is 4.90. The molecule has 0 aromatic heterocycles. The lowest BCUT2D eigenvalue weighted by atomic mass is 9.99. The summed E-state index contributed by atoms with van der Waals surface area (Å²) in [6, 6.07) is 13.7. The molecule has 2 atom stereocenters. The second-order valence-corrected chi connectivity index (χ2v) is 5.34. The van der Waals surface area contributed by atoms with E-state index in [0.29, 0.717) is 10.6 Å². The summed E-state index contributed by atoms with van der Waals surface area (Å²) in [5.74, 6) is -1.31. The molecule has 0 radical (unpaired) electrons. The van der Waals surface area contributed by atoms with Gasteiger partial charge >= 0.3 is 5.97 Å². The topological polar surface area (TPSA) is 79.1 Å². The van der Waals surface area contributed by atoms with Crippen LogP contribution in [0, 0.1) is 0 Å². The van der Waals surface area contributed by atoms with Gasteiger partial charge in [0.05, 0.1) is 6.21 Å². The SMILES string of the molecule is CC(ON=Cc1ccc(Cl)cc1)c1ccccc1C(O)C(=O)O. The van der Waals surface area contributed by atoms with Gasteiger partial charge in [0.25, 0.3) is 0 Å². The van der Waals surface area contributed by atoms with E-state index in [1.54, 1.807) is 55.5 Å². The highest BCUT2D eigenvalue weighted by atomic mass is 35.5. The van der Waals surface area contributed by atoms with E-state index < -0.39 is 18.2 Å². The first-order chi connectivity index (χ1) is 11.0. The maximum atomic E-state index is 11.0. The van der Waals surface area contributed by atoms with Gasteiger partial charge in [-0.15, -0.1) is 0 Å². The van der Waals surface area contributed by atoms with Crippen LogP contribution in [0.4, 0.5) is 0 Å². The molecule has 0 bridgehead atoms. The van der Waals surface area contributed by atoms with Crippen LogP contribution in [0.5, 0.6) is 0 Å². The van der Waals surface area contributed by atoms with E-state index in [4.69, 9.17) is 21.5 Å². The number of halogens is 1. The molecule has 120 valence electrons. The Morgan fingerprint density at radius 2 is 1.78 bits per heavy atom. The quantitative estimate of drug-likeness (QED) is 0.625. The van der Waals surface area contributed by atoms with Crippen LogP contribution in [0.25, 0.3) is 0 Å². The molecule has 2 aromatic carbocycles. The fourth-order valence-electron chi connectivity index (χ4n) is 2.05. The molecule has 0 aliphatic rings. The van der Waals surface area contributed by atoms with Crippen molar-refractivity contribution in [3.05, 3.63) is 70.2 Å². The zero-order valence-corrected chi connectivity index (χ0v) is 13.1. The van der Waals surface area contributed by atoms with Crippen LogP contribution in [0.3, 0.4) is 0 Å². The van der Waals surface area contributed by atoms with Crippen molar-refractivity contribution < 1.29 is 19.8 Å². The molecule has 0 aliphatic heterocycles. The Kier molecular flexibility index (Phi) is 5.73. The van der Waals surface area contributed by atoms with Gasteiger partial charge in [-0.3, -0.25) is 0 Å². The summed E-state index contributed by atoms with van der Waals surface area (Å²) in [5.41, 5.74) is 1.67. The molecular weight excluding hydrogens is 318 g/mol. The van der Waals surface area contributed by atoms with Crippen LogP contribution in [-0.2, 0) is 9.63 Å². The van der Waals surface area contributed by atoms with Crippen molar-refractivity contribution in [1.82, 2.24) is 0 Å². The largest absolute Gasteiger partial charge is 0.479 e. The number of hydrogen-bond acceptors (Lipinski definition) is 4. The Bertz CT molecular complexity index is 700. The van der Waals surface area contributed by atoms with Crippen LogP contribution in [0.1, 0.15) is 35.8 Å². The molecule has 0 saturated carbocycles. The van der Waals surface area contributed by atoms with E-state index in [2.05, 4.69) is 5.16 Å². The van der Waals surface area contributed by atoms with E-state index in [1.807, 2.05) is 0 Å². The van der Waals surface area contributed by atoms with Gasteiger partial charge in [0, 0.05) is 10.6 Å². The molecule has 0 saturated heterocycles. The Balaban J connectivity index is 2.10. The summed E-state index contributed by atoms with van der Waals surface area (Å²) in [7, 11) is 0. The number of aliphatic hydroxyl groups is 1. The van der Waals surface area contributed by atoms with Crippen LogP contribution < -0.4 is 0 Å². The molecule has 2 N–H and O–H groups in total. The number of nitrogens with zero attached hydrogens (tertiary/aromatic N) is 1. The Labute approximate surface area is 138 Å². The first-order valence-corrected chi connectivity index (χ1v) is 7.31. The molecule has 6 heteroatoms. The third kappa shape index (κ3) is 4.55. The van der Waals surface area contributed by atoms with Crippen molar-refractivity contribution in [2.45, 2.75) is 19.1 Å². The number of carboxylic acid groups (broad SMARTS) is 1. The Morgan fingerprint density at radius 1 is 1.17 bits per heavy atom. The highest BCUT2D eigenvalue weighted by Crippen LogP contribution is 2.26.